The number of methoxy groups -OCH3 is 1. The minimum absolute atomic E-state index is 0.292. The minimum Gasteiger partial charge on any atom is -0.465 e. The molecule has 0 aliphatic heterocycles. The largest absolute Gasteiger partial charge is 0.465 e. The van der Waals surface area contributed by atoms with Crippen LogP contribution in [0.4, 0.5) is 5.00 Å². The van der Waals surface area contributed by atoms with E-state index >= 15 is 0 Å². The molecular weight excluding hydrogens is 428 g/mol. The van der Waals surface area contributed by atoms with Gasteiger partial charge in [-0.3, -0.25) is 4.68 Å². The first kappa shape index (κ1) is 22.1. The Morgan fingerprint density at radius 2 is 2.10 bits per heavy atom. The van der Waals surface area contributed by atoms with Gasteiger partial charge in [0.1, 0.15) is 5.00 Å². The molecule has 0 atom stereocenters. The van der Waals surface area contributed by atoms with Crippen molar-refractivity contribution in [2.75, 3.05) is 19.0 Å². The maximum atomic E-state index is 12.5. The molecule has 2 N–H and O–H groups in total. The number of thiocarbonyl (C=S) groups is 1. The van der Waals surface area contributed by atoms with Crippen molar-refractivity contribution in [3.63, 3.8) is 0 Å². The maximum absolute atomic E-state index is 12.5. The number of hydrogen-bond acceptors (Lipinski definition) is 5. The van der Waals surface area contributed by atoms with E-state index in [-0.39, 0.29) is 5.97 Å². The molecule has 0 fully saturated rings. The Labute approximate surface area is 186 Å². The van der Waals surface area contributed by atoms with Crippen LogP contribution >= 0.6 is 35.2 Å². The number of carbonyl (C=O) groups is 1. The van der Waals surface area contributed by atoms with E-state index in [9.17, 15) is 4.79 Å². The Hall–Kier alpha value is -1.64. The number of nitrogens with zero attached hydrogens (tertiary/aromatic N) is 2. The molecule has 9 heteroatoms. The van der Waals surface area contributed by atoms with E-state index in [0.717, 1.165) is 54.9 Å². The molecule has 2 heterocycles. The molecule has 0 amide bonds. The predicted octanol–water partition coefficient (Wildman–Crippen LogP) is 4.73. The molecule has 0 saturated heterocycles. The molecule has 6 nitrogen and oxygen atoms in total. The van der Waals surface area contributed by atoms with Crippen LogP contribution in [0.25, 0.3) is 0 Å². The molecule has 2 aromatic heterocycles. The first-order chi connectivity index (χ1) is 14.0. The number of carbonyl (C=O) groups excluding carboxylic acids is 1. The third kappa shape index (κ3) is 5.71. The fourth-order valence-electron chi connectivity index (χ4n) is 3.52. The fraction of sp³-hybridized carbons (Fsp3) is 0.550. The highest BCUT2D eigenvalue weighted by atomic mass is 35.5. The van der Waals surface area contributed by atoms with Gasteiger partial charge in [-0.25, -0.2) is 4.79 Å². The Bertz CT molecular complexity index is 859. The van der Waals surface area contributed by atoms with Crippen molar-refractivity contribution >= 4 is 51.2 Å². The van der Waals surface area contributed by atoms with Crippen molar-refractivity contribution in [2.45, 2.75) is 58.4 Å². The minimum atomic E-state index is -0.292. The summed E-state index contributed by atoms with van der Waals surface area (Å²) in [5.41, 5.74) is 2.62. The monoisotopic (exact) mass is 454 g/mol. The lowest BCUT2D eigenvalue weighted by molar-refractivity contribution is 0.0601. The van der Waals surface area contributed by atoms with Crippen LogP contribution in [-0.2, 0) is 24.1 Å². The van der Waals surface area contributed by atoms with Gasteiger partial charge in [-0.1, -0.05) is 24.4 Å². The van der Waals surface area contributed by atoms with Gasteiger partial charge in [0, 0.05) is 24.2 Å². The van der Waals surface area contributed by atoms with E-state index in [1.54, 1.807) is 11.3 Å². The number of hydrogen-bond donors (Lipinski definition) is 2. The summed E-state index contributed by atoms with van der Waals surface area (Å²) in [5.74, 6) is -0.292. The molecular formula is C20H27ClN4O2S2. The van der Waals surface area contributed by atoms with Crippen molar-refractivity contribution in [1.82, 2.24) is 15.1 Å². The Kier molecular flexibility index (Phi) is 7.91. The van der Waals surface area contributed by atoms with Crippen LogP contribution in [0.1, 0.15) is 58.6 Å². The van der Waals surface area contributed by atoms with Crippen LogP contribution in [0.3, 0.4) is 0 Å². The Balaban J connectivity index is 1.60. The molecule has 2 aromatic rings. The second-order valence-electron chi connectivity index (χ2n) is 7.17. The molecule has 0 aromatic carbocycles. The van der Waals surface area contributed by atoms with Crippen molar-refractivity contribution < 1.29 is 9.53 Å². The molecule has 29 heavy (non-hydrogen) atoms. The quantitative estimate of drug-likeness (QED) is 0.373. The number of fused-ring (bicyclic) bond motifs is 1. The average Bonchev–Trinajstić information content (AvgIpc) is 3.17. The smallest absolute Gasteiger partial charge is 0.341 e. The highest BCUT2D eigenvalue weighted by molar-refractivity contribution is 7.80. The van der Waals surface area contributed by atoms with E-state index in [1.807, 2.05) is 17.8 Å². The first-order valence-electron chi connectivity index (χ1n) is 9.97. The van der Waals surface area contributed by atoms with Crippen LogP contribution in [0.15, 0.2) is 6.20 Å². The summed E-state index contributed by atoms with van der Waals surface area (Å²) < 4.78 is 6.90. The maximum Gasteiger partial charge on any atom is 0.341 e. The zero-order valence-electron chi connectivity index (χ0n) is 16.8. The first-order valence-corrected chi connectivity index (χ1v) is 11.6. The fourth-order valence-corrected chi connectivity index (χ4v) is 5.22. The van der Waals surface area contributed by atoms with Crippen LogP contribution in [0, 0.1) is 6.92 Å². The lowest BCUT2D eigenvalue weighted by Gasteiger charge is -2.12. The molecule has 0 spiro atoms. The third-order valence-corrected chi connectivity index (χ3v) is 6.85. The molecule has 0 saturated carbocycles. The number of ether oxygens (including phenoxy) is 1. The van der Waals surface area contributed by atoms with Crippen molar-refractivity contribution in [1.29, 1.82) is 0 Å². The summed E-state index contributed by atoms with van der Waals surface area (Å²) in [5, 5.41) is 12.8. The van der Waals surface area contributed by atoms with Gasteiger partial charge in [0.05, 0.1) is 23.4 Å². The van der Waals surface area contributed by atoms with E-state index in [4.69, 9.17) is 28.6 Å². The van der Waals surface area contributed by atoms with Crippen LogP contribution in [0.5, 0.6) is 0 Å². The lowest BCUT2D eigenvalue weighted by atomic mass is 9.96. The topological polar surface area (TPSA) is 68.2 Å². The van der Waals surface area contributed by atoms with Gasteiger partial charge in [0.2, 0.25) is 0 Å². The van der Waals surface area contributed by atoms with Crippen LogP contribution in [-0.4, -0.2) is 34.5 Å². The molecule has 158 valence electrons. The number of aryl methyl sites for hydroxylation is 3. The number of nitrogens with one attached hydrogen (secondary N) is 2. The van der Waals surface area contributed by atoms with E-state index in [0.29, 0.717) is 22.2 Å². The standard InChI is InChI=1S/C20H27ClN4O2S2/c1-13-15(21)12-25(24-13)11-7-10-22-20(28)23-18-17(19(26)27-2)14-8-5-3-4-6-9-16(14)29-18/h12H,3-11H2,1-2H3,(H2,22,23,28). The summed E-state index contributed by atoms with van der Waals surface area (Å²) in [4.78, 5) is 13.7. The second-order valence-corrected chi connectivity index (χ2v) is 9.09. The normalized spacial score (nSPS) is 13.9. The number of aromatic nitrogens is 2. The molecule has 1 aliphatic rings. The number of thiophene rings is 1. The van der Waals surface area contributed by atoms with Crippen LogP contribution < -0.4 is 10.6 Å². The van der Waals surface area contributed by atoms with Gasteiger partial charge >= 0.3 is 5.97 Å². The zero-order chi connectivity index (χ0) is 20.8. The Morgan fingerprint density at radius 1 is 1.34 bits per heavy atom. The highest BCUT2D eigenvalue weighted by Crippen LogP contribution is 2.37. The second kappa shape index (κ2) is 10.4. The van der Waals surface area contributed by atoms with Gasteiger partial charge < -0.3 is 15.4 Å². The van der Waals surface area contributed by atoms with Crippen molar-refractivity contribution in [3.05, 3.63) is 32.9 Å². The van der Waals surface area contributed by atoms with Crippen molar-refractivity contribution in [3.8, 4) is 0 Å². The molecule has 0 radical (unpaired) electrons. The van der Waals surface area contributed by atoms with E-state index in [1.165, 1.54) is 24.8 Å². The SMILES string of the molecule is COC(=O)c1c(NC(=S)NCCCn2cc(Cl)c(C)n2)sc2c1CCCCCC2. The van der Waals surface area contributed by atoms with Gasteiger partial charge in [-0.15, -0.1) is 11.3 Å². The van der Waals surface area contributed by atoms with Gasteiger partial charge in [0.15, 0.2) is 5.11 Å². The van der Waals surface area contributed by atoms with Gasteiger partial charge in [-0.05, 0) is 56.8 Å². The summed E-state index contributed by atoms with van der Waals surface area (Å²) in [6.45, 7) is 3.34. The zero-order valence-corrected chi connectivity index (χ0v) is 19.2. The average molecular weight is 455 g/mol. The van der Waals surface area contributed by atoms with E-state index in [2.05, 4.69) is 15.7 Å². The molecule has 0 bridgehead atoms. The number of rotatable bonds is 6. The predicted molar refractivity (Wildman–Crippen MR) is 122 cm³/mol. The van der Waals surface area contributed by atoms with Crippen LogP contribution in [0.2, 0.25) is 5.02 Å². The van der Waals surface area contributed by atoms with Gasteiger partial charge in [-0.2, -0.15) is 5.10 Å². The Morgan fingerprint density at radius 3 is 2.79 bits per heavy atom. The summed E-state index contributed by atoms with van der Waals surface area (Å²) in [7, 11) is 1.43. The summed E-state index contributed by atoms with van der Waals surface area (Å²) in [6, 6.07) is 0. The third-order valence-electron chi connectivity index (χ3n) is 5.02. The summed E-state index contributed by atoms with van der Waals surface area (Å²) >= 11 is 13.1. The number of esters is 1. The highest BCUT2D eigenvalue weighted by Gasteiger charge is 2.25. The van der Waals surface area contributed by atoms with E-state index < -0.39 is 0 Å². The molecule has 0 unspecified atom stereocenters. The number of anilines is 1. The molecule has 1 aliphatic carbocycles. The summed E-state index contributed by atoms with van der Waals surface area (Å²) in [6.07, 6.45) is 9.33. The lowest BCUT2D eigenvalue weighted by Crippen LogP contribution is -2.30. The van der Waals surface area contributed by atoms with Gasteiger partial charge in [0.25, 0.3) is 0 Å². The van der Waals surface area contributed by atoms with Crippen molar-refractivity contribution in [2.24, 2.45) is 0 Å². The molecule has 3 rings (SSSR count). The number of halogens is 1.